The van der Waals surface area contributed by atoms with Crippen molar-refractivity contribution in [2.45, 2.75) is 26.8 Å². The lowest BCUT2D eigenvalue weighted by molar-refractivity contribution is -0.140. The monoisotopic (exact) mass is 396 g/mol. The standard InChI is InChI=1S/C22H24N2O3S/c1-14(2)13-26-21(25)19-15(3)23-22(28)24-20(19)16-8-7-11-18(12-16)27-17-9-5-4-6-10-17/h4-12,14,20H,13H2,1-3H3,(H2,23,24,28). The van der Waals surface area contributed by atoms with Gasteiger partial charge in [-0.3, -0.25) is 0 Å². The minimum atomic E-state index is -0.410. The van der Waals surface area contributed by atoms with Gasteiger partial charge in [0.15, 0.2) is 5.11 Å². The van der Waals surface area contributed by atoms with Crippen LogP contribution in [0.1, 0.15) is 32.4 Å². The van der Waals surface area contributed by atoms with Gasteiger partial charge in [0.25, 0.3) is 0 Å². The summed E-state index contributed by atoms with van der Waals surface area (Å²) in [5.74, 6) is 1.34. The predicted octanol–water partition coefficient (Wildman–Crippen LogP) is 4.47. The van der Waals surface area contributed by atoms with Crippen LogP contribution in [-0.2, 0) is 9.53 Å². The number of hydrogen-bond donors (Lipinski definition) is 2. The Morgan fingerprint density at radius 3 is 2.54 bits per heavy atom. The summed E-state index contributed by atoms with van der Waals surface area (Å²) in [7, 11) is 0. The van der Waals surface area contributed by atoms with Gasteiger partial charge in [0.1, 0.15) is 11.5 Å². The first-order valence-electron chi connectivity index (χ1n) is 9.22. The molecule has 0 aliphatic carbocycles. The number of carbonyl (C=O) groups excluding carboxylic acids is 1. The summed E-state index contributed by atoms with van der Waals surface area (Å²) < 4.78 is 11.4. The molecule has 0 bridgehead atoms. The molecule has 0 radical (unpaired) electrons. The highest BCUT2D eigenvalue weighted by molar-refractivity contribution is 7.80. The number of esters is 1. The molecule has 0 saturated carbocycles. The van der Waals surface area contributed by atoms with E-state index >= 15 is 0 Å². The Bertz CT molecular complexity index is 894. The molecule has 0 amide bonds. The van der Waals surface area contributed by atoms with Gasteiger partial charge in [-0.25, -0.2) is 4.79 Å². The molecule has 1 aliphatic rings. The van der Waals surface area contributed by atoms with E-state index in [9.17, 15) is 4.79 Å². The normalized spacial score (nSPS) is 16.4. The fraction of sp³-hybridized carbons (Fsp3) is 0.273. The zero-order valence-corrected chi connectivity index (χ0v) is 17.0. The lowest BCUT2D eigenvalue weighted by Gasteiger charge is -2.30. The van der Waals surface area contributed by atoms with E-state index in [4.69, 9.17) is 21.7 Å². The van der Waals surface area contributed by atoms with E-state index in [-0.39, 0.29) is 11.9 Å². The number of ether oxygens (including phenoxy) is 2. The topological polar surface area (TPSA) is 59.6 Å². The van der Waals surface area contributed by atoms with Crippen LogP contribution in [0.2, 0.25) is 0 Å². The van der Waals surface area contributed by atoms with Gasteiger partial charge >= 0.3 is 5.97 Å². The van der Waals surface area contributed by atoms with Gasteiger partial charge in [-0.05, 0) is 54.9 Å². The van der Waals surface area contributed by atoms with Crippen molar-refractivity contribution in [1.29, 1.82) is 0 Å². The number of thiocarbonyl (C=S) groups is 1. The lowest BCUT2D eigenvalue weighted by atomic mass is 9.95. The molecular formula is C22H24N2O3S. The molecule has 0 aromatic heterocycles. The van der Waals surface area contributed by atoms with E-state index in [2.05, 4.69) is 10.6 Å². The lowest BCUT2D eigenvalue weighted by Crippen LogP contribution is -2.45. The fourth-order valence-corrected chi connectivity index (χ4v) is 3.19. The molecule has 1 atom stereocenters. The van der Waals surface area contributed by atoms with Gasteiger partial charge in [-0.15, -0.1) is 0 Å². The third-order valence-electron chi connectivity index (χ3n) is 4.21. The van der Waals surface area contributed by atoms with Crippen LogP contribution in [0, 0.1) is 5.92 Å². The molecule has 1 heterocycles. The number of carbonyl (C=O) groups is 1. The summed E-state index contributed by atoms with van der Waals surface area (Å²) >= 11 is 5.30. The third-order valence-corrected chi connectivity index (χ3v) is 4.43. The van der Waals surface area contributed by atoms with Crippen molar-refractivity contribution in [2.75, 3.05) is 6.61 Å². The van der Waals surface area contributed by atoms with E-state index in [0.29, 0.717) is 28.7 Å². The largest absolute Gasteiger partial charge is 0.462 e. The molecule has 28 heavy (non-hydrogen) atoms. The average molecular weight is 397 g/mol. The van der Waals surface area contributed by atoms with Gasteiger partial charge in [0, 0.05) is 5.70 Å². The second-order valence-electron chi connectivity index (χ2n) is 7.05. The Morgan fingerprint density at radius 2 is 1.82 bits per heavy atom. The number of hydrogen-bond acceptors (Lipinski definition) is 4. The summed E-state index contributed by atoms with van der Waals surface area (Å²) in [5.41, 5.74) is 2.08. The molecular weight excluding hydrogens is 372 g/mol. The summed E-state index contributed by atoms with van der Waals surface area (Å²) in [6.45, 7) is 6.20. The van der Waals surface area contributed by atoms with Crippen molar-refractivity contribution in [3.63, 3.8) is 0 Å². The highest BCUT2D eigenvalue weighted by Gasteiger charge is 2.31. The van der Waals surface area contributed by atoms with Gasteiger partial charge in [0.2, 0.25) is 0 Å². The van der Waals surface area contributed by atoms with Gasteiger partial charge < -0.3 is 20.1 Å². The number of para-hydroxylation sites is 1. The van der Waals surface area contributed by atoms with E-state index < -0.39 is 6.04 Å². The maximum absolute atomic E-state index is 12.7. The highest BCUT2D eigenvalue weighted by Crippen LogP contribution is 2.31. The van der Waals surface area contributed by atoms with Crippen molar-refractivity contribution >= 4 is 23.3 Å². The van der Waals surface area contributed by atoms with E-state index in [0.717, 1.165) is 11.3 Å². The Kier molecular flexibility index (Phi) is 6.31. The van der Waals surface area contributed by atoms with Gasteiger partial charge in [-0.1, -0.05) is 44.2 Å². The van der Waals surface area contributed by atoms with E-state index in [1.54, 1.807) is 0 Å². The molecule has 6 heteroatoms. The van der Waals surface area contributed by atoms with Crippen LogP contribution >= 0.6 is 12.2 Å². The number of benzene rings is 2. The molecule has 0 spiro atoms. The SMILES string of the molecule is CC1=C(C(=O)OCC(C)C)C(c2cccc(Oc3ccccc3)c2)NC(=S)N1. The van der Waals surface area contributed by atoms with Crippen molar-refractivity contribution < 1.29 is 14.3 Å². The molecule has 1 unspecified atom stereocenters. The van der Waals surface area contributed by atoms with Crippen molar-refractivity contribution in [2.24, 2.45) is 5.92 Å². The molecule has 0 saturated heterocycles. The first-order valence-corrected chi connectivity index (χ1v) is 9.63. The number of allylic oxidation sites excluding steroid dienone is 1. The Morgan fingerprint density at radius 1 is 1.11 bits per heavy atom. The minimum Gasteiger partial charge on any atom is -0.462 e. The molecule has 5 nitrogen and oxygen atoms in total. The van der Waals surface area contributed by atoms with E-state index in [1.165, 1.54) is 0 Å². The van der Waals surface area contributed by atoms with Crippen LogP contribution in [-0.4, -0.2) is 17.7 Å². The fourth-order valence-electron chi connectivity index (χ4n) is 2.92. The second-order valence-corrected chi connectivity index (χ2v) is 7.46. The summed E-state index contributed by atoms with van der Waals surface area (Å²) in [4.78, 5) is 12.7. The minimum absolute atomic E-state index is 0.261. The molecule has 3 rings (SSSR count). The summed E-state index contributed by atoms with van der Waals surface area (Å²) in [6, 6.07) is 16.8. The predicted molar refractivity (Wildman–Crippen MR) is 113 cm³/mol. The zero-order chi connectivity index (χ0) is 20.1. The van der Waals surface area contributed by atoms with Crippen LogP contribution in [0.5, 0.6) is 11.5 Å². The Labute approximate surface area is 170 Å². The average Bonchev–Trinajstić information content (AvgIpc) is 2.66. The van der Waals surface area contributed by atoms with Crippen LogP contribution in [0.4, 0.5) is 0 Å². The second kappa shape index (κ2) is 8.89. The first kappa shape index (κ1) is 19.9. The molecule has 0 fully saturated rings. The maximum atomic E-state index is 12.7. The number of nitrogens with one attached hydrogen (secondary N) is 2. The van der Waals surface area contributed by atoms with Crippen molar-refractivity contribution in [3.8, 4) is 11.5 Å². The zero-order valence-electron chi connectivity index (χ0n) is 16.2. The van der Waals surface area contributed by atoms with Gasteiger partial charge in [-0.2, -0.15) is 0 Å². The quantitative estimate of drug-likeness (QED) is 0.555. The van der Waals surface area contributed by atoms with Crippen molar-refractivity contribution in [3.05, 3.63) is 71.4 Å². The summed E-state index contributed by atoms with van der Waals surface area (Å²) in [6.07, 6.45) is 0. The van der Waals surface area contributed by atoms with Gasteiger partial charge in [0.05, 0.1) is 18.2 Å². The van der Waals surface area contributed by atoms with E-state index in [1.807, 2.05) is 75.4 Å². The Hall–Kier alpha value is -2.86. The smallest absolute Gasteiger partial charge is 0.338 e. The molecule has 2 N–H and O–H groups in total. The molecule has 146 valence electrons. The van der Waals surface area contributed by atoms with Crippen LogP contribution in [0.3, 0.4) is 0 Å². The third kappa shape index (κ3) is 4.89. The first-order chi connectivity index (χ1) is 13.4. The van der Waals surface area contributed by atoms with Crippen molar-refractivity contribution in [1.82, 2.24) is 10.6 Å². The van der Waals surface area contributed by atoms with Crippen LogP contribution in [0.15, 0.2) is 65.9 Å². The summed E-state index contributed by atoms with van der Waals surface area (Å²) in [5, 5.41) is 6.67. The van der Waals surface area contributed by atoms with Crippen LogP contribution in [0.25, 0.3) is 0 Å². The molecule has 2 aromatic rings. The maximum Gasteiger partial charge on any atom is 0.338 e. The molecule has 2 aromatic carbocycles. The Balaban J connectivity index is 1.89. The van der Waals surface area contributed by atoms with Crippen LogP contribution < -0.4 is 15.4 Å². The highest BCUT2D eigenvalue weighted by atomic mass is 32.1. The number of rotatable bonds is 6. The molecule has 1 aliphatic heterocycles.